The molecule has 0 bridgehead atoms. The van der Waals surface area contributed by atoms with E-state index in [2.05, 4.69) is 25.9 Å². The number of ketones is 1. The molecule has 0 saturated carbocycles. The topological polar surface area (TPSA) is 163 Å². The number of para-hydroxylation sites is 1. The van der Waals surface area contributed by atoms with Gasteiger partial charge in [0, 0.05) is 29.9 Å². The highest BCUT2D eigenvalue weighted by Gasteiger charge is 2.43. The van der Waals surface area contributed by atoms with Crippen LogP contribution in [-0.2, 0) is 14.4 Å². The van der Waals surface area contributed by atoms with Crippen LogP contribution in [0.5, 0.6) is 5.75 Å². The van der Waals surface area contributed by atoms with E-state index >= 15 is 0 Å². The fourth-order valence-electron chi connectivity index (χ4n) is 6.53. The zero-order valence-electron chi connectivity index (χ0n) is 27.4. The Morgan fingerprint density at radius 1 is 1.08 bits per heavy atom. The van der Waals surface area contributed by atoms with Gasteiger partial charge in [-0.1, -0.05) is 39.0 Å². The van der Waals surface area contributed by atoms with E-state index < -0.39 is 41.3 Å². The number of carbonyl (C=O) groups excluding carboxylic acids is 5. The summed E-state index contributed by atoms with van der Waals surface area (Å²) >= 11 is 1.24. The van der Waals surface area contributed by atoms with E-state index in [1.807, 2.05) is 57.2 Å². The molecule has 0 unspecified atom stereocenters. The first-order valence-corrected chi connectivity index (χ1v) is 17.0. The molecule has 4 N–H and O–H groups in total. The number of aromatic amines is 1. The van der Waals surface area contributed by atoms with Crippen molar-refractivity contribution >= 4 is 61.9 Å². The maximum absolute atomic E-state index is 14.2. The first kappa shape index (κ1) is 33.1. The number of likely N-dealkylation sites (tertiary alicyclic amines) is 1. The first-order chi connectivity index (χ1) is 22.9. The van der Waals surface area contributed by atoms with Gasteiger partial charge in [-0.2, -0.15) is 0 Å². The number of rotatable bonds is 10. The van der Waals surface area contributed by atoms with Crippen molar-refractivity contribution in [3.8, 4) is 5.75 Å². The summed E-state index contributed by atoms with van der Waals surface area (Å²) in [5.41, 5.74) is 0.990. The lowest BCUT2D eigenvalue weighted by Gasteiger charge is -2.35. The number of aromatic nitrogens is 2. The van der Waals surface area contributed by atoms with E-state index in [1.54, 1.807) is 19.2 Å². The van der Waals surface area contributed by atoms with Crippen molar-refractivity contribution in [2.45, 2.75) is 64.6 Å². The van der Waals surface area contributed by atoms with Crippen molar-refractivity contribution in [2.24, 2.45) is 11.3 Å². The molecule has 4 heterocycles. The second kappa shape index (κ2) is 13.4. The number of nitrogens with one attached hydrogen (secondary N) is 4. The molecule has 48 heavy (non-hydrogen) atoms. The molecule has 13 heteroatoms. The van der Waals surface area contributed by atoms with E-state index in [1.165, 1.54) is 16.2 Å². The highest BCUT2D eigenvalue weighted by Crippen LogP contribution is 2.30. The van der Waals surface area contributed by atoms with Crippen molar-refractivity contribution in [3.63, 3.8) is 0 Å². The molecule has 0 radical (unpaired) electrons. The number of Topliss-reactive ketones (excluding diaryl/α,β-unsaturated/α-hetero) is 1. The third kappa shape index (κ3) is 6.64. The highest BCUT2D eigenvalue weighted by atomic mass is 32.1. The monoisotopic (exact) mass is 672 g/mol. The van der Waals surface area contributed by atoms with Crippen molar-refractivity contribution in [1.29, 1.82) is 0 Å². The summed E-state index contributed by atoms with van der Waals surface area (Å²) in [5.74, 6) is -1.65. The molecule has 2 aliphatic heterocycles. The van der Waals surface area contributed by atoms with Crippen molar-refractivity contribution in [2.75, 3.05) is 20.2 Å². The van der Waals surface area contributed by atoms with Crippen LogP contribution in [0.15, 0.2) is 48.5 Å². The van der Waals surface area contributed by atoms with Crippen molar-refractivity contribution in [1.82, 2.24) is 30.8 Å². The van der Waals surface area contributed by atoms with Crippen LogP contribution in [-0.4, -0.2) is 82.6 Å². The van der Waals surface area contributed by atoms with Gasteiger partial charge in [0.25, 0.3) is 5.91 Å². The largest absolute Gasteiger partial charge is 0.496 e. The Hall–Kier alpha value is -4.78. The smallest absolute Gasteiger partial charge is 0.268 e. The van der Waals surface area contributed by atoms with Crippen LogP contribution in [0, 0.1) is 11.3 Å². The minimum atomic E-state index is -0.999. The Morgan fingerprint density at radius 2 is 1.88 bits per heavy atom. The molecule has 2 aliphatic rings. The molecule has 2 fully saturated rings. The number of fused-ring (bicyclic) bond motifs is 2. The Morgan fingerprint density at radius 3 is 2.58 bits per heavy atom. The normalized spacial score (nSPS) is 19.2. The van der Waals surface area contributed by atoms with Crippen LogP contribution >= 0.6 is 11.3 Å². The molecule has 2 saturated heterocycles. The van der Waals surface area contributed by atoms with E-state index in [0.717, 1.165) is 15.6 Å². The third-order valence-corrected chi connectivity index (χ3v) is 10.2. The van der Waals surface area contributed by atoms with Gasteiger partial charge in [0.05, 0.1) is 23.4 Å². The Kier molecular flexibility index (Phi) is 9.24. The second-order valence-electron chi connectivity index (χ2n) is 13.5. The number of ether oxygens (including phenoxy) is 1. The number of benzene rings is 2. The van der Waals surface area contributed by atoms with Crippen LogP contribution in [0.4, 0.5) is 0 Å². The molecular formula is C35H40N6O6S. The number of hydrogen-bond donors (Lipinski definition) is 4. The Labute approximate surface area is 282 Å². The quantitative estimate of drug-likeness (QED) is 0.186. The maximum Gasteiger partial charge on any atom is 0.268 e. The molecule has 2 aromatic heterocycles. The molecule has 0 aliphatic carbocycles. The maximum atomic E-state index is 14.2. The van der Waals surface area contributed by atoms with Crippen LogP contribution < -0.4 is 20.7 Å². The van der Waals surface area contributed by atoms with E-state index in [9.17, 15) is 24.0 Å². The lowest BCUT2D eigenvalue weighted by atomic mass is 9.85. The lowest BCUT2D eigenvalue weighted by molar-refractivity contribution is -0.142. The van der Waals surface area contributed by atoms with Crippen LogP contribution in [0.2, 0.25) is 0 Å². The first-order valence-electron chi connectivity index (χ1n) is 16.2. The molecule has 4 amide bonds. The predicted octanol–water partition coefficient (Wildman–Crippen LogP) is 3.82. The van der Waals surface area contributed by atoms with Gasteiger partial charge in [-0.3, -0.25) is 24.0 Å². The van der Waals surface area contributed by atoms with E-state index in [4.69, 9.17) is 4.74 Å². The number of thiazole rings is 1. The number of H-pyrrole nitrogens is 1. The average molecular weight is 673 g/mol. The summed E-state index contributed by atoms with van der Waals surface area (Å²) in [4.78, 5) is 77.1. The number of nitrogens with zero attached hydrogens (tertiary/aromatic N) is 2. The Balaban J connectivity index is 1.21. The van der Waals surface area contributed by atoms with Gasteiger partial charge in [-0.05, 0) is 61.4 Å². The number of carbonyl (C=O) groups is 5. The van der Waals surface area contributed by atoms with Gasteiger partial charge in [-0.25, -0.2) is 4.98 Å². The van der Waals surface area contributed by atoms with Gasteiger partial charge < -0.3 is 30.6 Å². The fourth-order valence-corrected chi connectivity index (χ4v) is 7.49. The molecule has 4 aromatic rings. The summed E-state index contributed by atoms with van der Waals surface area (Å²) in [6.45, 7) is 6.40. The molecule has 4 atom stereocenters. The van der Waals surface area contributed by atoms with Gasteiger partial charge >= 0.3 is 0 Å². The summed E-state index contributed by atoms with van der Waals surface area (Å²) in [5, 5.41) is 9.61. The summed E-state index contributed by atoms with van der Waals surface area (Å²) in [6, 6.07) is 11.8. The highest BCUT2D eigenvalue weighted by molar-refractivity contribution is 7.20. The van der Waals surface area contributed by atoms with Crippen molar-refractivity contribution < 1.29 is 28.7 Å². The SMILES string of the molecule is COc1cccc2[nH]c(C(=O)N[C@H](C(=O)N3CCC[C@H]3C(=O)N[C@@H](C[C@@H]3CCNC3=O)C(=O)c3nc4ccccc4s3)C(C)(C)C)cc12. The summed E-state index contributed by atoms with van der Waals surface area (Å²) < 4.78 is 6.27. The fraction of sp³-hybridized carbons (Fsp3) is 0.429. The zero-order chi connectivity index (χ0) is 34.2. The zero-order valence-corrected chi connectivity index (χ0v) is 28.2. The number of amides is 4. The van der Waals surface area contributed by atoms with Gasteiger partial charge in [0.2, 0.25) is 23.5 Å². The van der Waals surface area contributed by atoms with Crippen molar-refractivity contribution in [3.05, 3.63) is 59.2 Å². The summed E-state index contributed by atoms with van der Waals surface area (Å²) in [7, 11) is 1.56. The minimum Gasteiger partial charge on any atom is -0.496 e. The molecule has 2 aromatic carbocycles. The molecular weight excluding hydrogens is 632 g/mol. The second-order valence-corrected chi connectivity index (χ2v) is 14.5. The van der Waals surface area contributed by atoms with E-state index in [0.29, 0.717) is 43.6 Å². The minimum absolute atomic E-state index is 0.128. The molecule has 252 valence electrons. The number of hydrogen-bond acceptors (Lipinski definition) is 8. The van der Waals surface area contributed by atoms with Gasteiger partial charge in [0.15, 0.2) is 5.01 Å². The summed E-state index contributed by atoms with van der Waals surface area (Å²) in [6.07, 6.45) is 1.67. The molecule has 6 rings (SSSR count). The predicted molar refractivity (Wildman–Crippen MR) is 182 cm³/mol. The van der Waals surface area contributed by atoms with Crippen LogP contribution in [0.1, 0.15) is 66.7 Å². The van der Waals surface area contributed by atoms with Gasteiger partial charge in [0.1, 0.15) is 23.5 Å². The van der Waals surface area contributed by atoms with Crippen LogP contribution in [0.25, 0.3) is 21.1 Å². The standard InChI is InChI=1S/C35H40N6O6S/c1-35(2,3)29(40-31(44)24-18-20-21(37-24)10-7-12-26(20)47-4)34(46)41-16-8-11-25(41)32(45)38-23(17-19-14-15-36-30(19)43)28(42)33-39-22-9-5-6-13-27(22)48-33/h5-7,9-10,12-13,18-19,23,25,29,37H,8,11,14-17H2,1-4H3,(H,36,43)(H,38,45)(H,40,44)/t19-,23-,25-,29+/m0/s1. The van der Waals surface area contributed by atoms with Crippen LogP contribution in [0.3, 0.4) is 0 Å². The molecule has 12 nitrogen and oxygen atoms in total. The lowest BCUT2D eigenvalue weighted by Crippen LogP contribution is -2.58. The number of methoxy groups -OCH3 is 1. The average Bonchev–Trinajstić information content (AvgIpc) is 3.87. The Bertz CT molecular complexity index is 1860. The van der Waals surface area contributed by atoms with E-state index in [-0.39, 0.29) is 34.7 Å². The van der Waals surface area contributed by atoms with Gasteiger partial charge in [-0.15, -0.1) is 11.3 Å². The third-order valence-electron chi connectivity index (χ3n) is 9.14. The molecule has 0 spiro atoms.